The average Bonchev–Trinajstić information content (AvgIpc) is 3.00. The van der Waals surface area contributed by atoms with Crippen LogP contribution in [0.5, 0.6) is 0 Å². The van der Waals surface area contributed by atoms with Crippen LogP contribution in [0.1, 0.15) is 47.1 Å². The second-order valence-electron chi connectivity index (χ2n) is 13.3. The lowest BCUT2D eigenvalue weighted by Crippen LogP contribution is -2.60. The van der Waals surface area contributed by atoms with Crippen molar-refractivity contribution in [3.05, 3.63) is 69.9 Å². The summed E-state index contributed by atoms with van der Waals surface area (Å²) in [5, 5.41) is 15.7. The molecule has 9 nitrogen and oxygen atoms in total. The van der Waals surface area contributed by atoms with Gasteiger partial charge in [0.2, 0.25) is 11.8 Å². The van der Waals surface area contributed by atoms with Crippen molar-refractivity contribution in [1.82, 2.24) is 16.0 Å². The summed E-state index contributed by atoms with van der Waals surface area (Å²) >= 11 is 11.7. The molecule has 0 aliphatic carbocycles. The molecule has 3 amide bonds. The maximum absolute atomic E-state index is 15.4. The molecule has 0 saturated heterocycles. The quantitative estimate of drug-likeness (QED) is 0.0634. The van der Waals surface area contributed by atoms with Gasteiger partial charge < -0.3 is 30.2 Å². The van der Waals surface area contributed by atoms with Crippen LogP contribution in [0.25, 0.3) is 0 Å². The molecule has 0 aromatic heterocycles. The molecule has 0 bridgehead atoms. The van der Waals surface area contributed by atoms with Crippen LogP contribution < -0.4 is 16.0 Å². The van der Waals surface area contributed by atoms with Crippen molar-refractivity contribution >= 4 is 49.2 Å². The lowest BCUT2D eigenvalue weighted by atomic mass is 9.96. The lowest BCUT2D eigenvalue weighted by molar-refractivity contribution is -0.215. The van der Waals surface area contributed by atoms with Gasteiger partial charge in [-0.2, -0.15) is 22.0 Å². The van der Waals surface area contributed by atoms with E-state index in [4.69, 9.17) is 32.4 Å². The number of ether oxygens (including phenoxy) is 1. The molecular formula is C33H46Cl2F5N3O6Si. The van der Waals surface area contributed by atoms with E-state index in [0.717, 1.165) is 18.2 Å². The molecule has 282 valence electrons. The summed E-state index contributed by atoms with van der Waals surface area (Å²) in [5.74, 6) is -9.21. The lowest BCUT2D eigenvalue weighted by Gasteiger charge is -2.37. The Labute approximate surface area is 300 Å². The number of alkyl halides is 5. The van der Waals surface area contributed by atoms with Gasteiger partial charge in [0.15, 0.2) is 14.4 Å². The van der Waals surface area contributed by atoms with Crippen molar-refractivity contribution in [2.24, 2.45) is 5.92 Å². The zero-order valence-corrected chi connectivity index (χ0v) is 31.9. The monoisotopic (exact) mass is 773 g/mol. The number of rotatable bonds is 16. The summed E-state index contributed by atoms with van der Waals surface area (Å²) < 4.78 is 82.4. The molecule has 17 heteroatoms. The Balaban J connectivity index is 3.64. The van der Waals surface area contributed by atoms with E-state index in [2.05, 4.69) is 17.2 Å². The first-order chi connectivity index (χ1) is 22.7. The molecule has 0 saturated carbocycles. The van der Waals surface area contributed by atoms with Crippen LogP contribution in [0.2, 0.25) is 28.2 Å². The number of aliphatic hydroxyl groups excluding tert-OH is 1. The van der Waals surface area contributed by atoms with Crippen molar-refractivity contribution in [3.8, 4) is 0 Å². The maximum Gasteiger partial charge on any atom is 0.416 e. The number of nitrogens with one attached hydrogen (secondary N) is 3. The topological polar surface area (TPSA) is 126 Å². The summed E-state index contributed by atoms with van der Waals surface area (Å²) in [6.07, 6.45) is -3.93. The van der Waals surface area contributed by atoms with E-state index in [1.807, 2.05) is 39.2 Å². The zero-order valence-electron chi connectivity index (χ0n) is 29.4. The van der Waals surface area contributed by atoms with E-state index in [-0.39, 0.29) is 15.6 Å². The van der Waals surface area contributed by atoms with E-state index in [9.17, 15) is 32.7 Å². The Morgan fingerprint density at radius 1 is 0.980 bits per heavy atom. The zero-order chi connectivity index (χ0) is 39.0. The molecule has 50 heavy (non-hydrogen) atoms. The molecular weight excluding hydrogens is 728 g/mol. The number of methoxy groups -OCH3 is 1. The van der Waals surface area contributed by atoms with Gasteiger partial charge in [-0.1, -0.05) is 76.5 Å². The Morgan fingerprint density at radius 3 is 2.02 bits per heavy atom. The third-order valence-corrected chi connectivity index (χ3v) is 13.5. The van der Waals surface area contributed by atoms with E-state index >= 15 is 8.78 Å². The molecule has 4 atom stereocenters. The smallest absolute Gasteiger partial charge is 0.416 e. The number of hydrogen-bond acceptors (Lipinski definition) is 6. The average molecular weight is 775 g/mol. The molecule has 4 N–H and O–H groups in total. The Bertz CT molecular complexity index is 1450. The molecule has 0 fully saturated rings. The van der Waals surface area contributed by atoms with E-state index < -0.39 is 85.5 Å². The van der Waals surface area contributed by atoms with Gasteiger partial charge in [-0.3, -0.25) is 14.4 Å². The van der Waals surface area contributed by atoms with E-state index in [0.29, 0.717) is 5.76 Å². The van der Waals surface area contributed by atoms with Gasteiger partial charge in [0.1, 0.15) is 17.8 Å². The summed E-state index contributed by atoms with van der Waals surface area (Å²) in [5.41, 5.74) is -1.00. The predicted octanol–water partition coefficient (Wildman–Crippen LogP) is 6.80. The van der Waals surface area contributed by atoms with Crippen molar-refractivity contribution in [1.29, 1.82) is 0 Å². The summed E-state index contributed by atoms with van der Waals surface area (Å²) in [7, 11) is -1.33. The van der Waals surface area contributed by atoms with E-state index in [1.165, 1.54) is 33.1 Å². The molecule has 1 rings (SSSR count). The first kappa shape index (κ1) is 45.0. The van der Waals surface area contributed by atoms with Crippen LogP contribution in [0.15, 0.2) is 54.3 Å². The first-order valence-corrected chi connectivity index (χ1v) is 19.1. The van der Waals surface area contributed by atoms with Gasteiger partial charge in [0, 0.05) is 5.56 Å². The fourth-order valence-electron chi connectivity index (χ4n) is 3.96. The van der Waals surface area contributed by atoms with Crippen molar-refractivity contribution in [2.75, 3.05) is 13.7 Å². The van der Waals surface area contributed by atoms with Crippen molar-refractivity contribution in [3.63, 3.8) is 0 Å². The molecule has 0 aliphatic rings. The number of halogens is 7. The van der Waals surface area contributed by atoms with Gasteiger partial charge in [-0.25, -0.2) is 0 Å². The maximum atomic E-state index is 15.4. The van der Waals surface area contributed by atoms with Gasteiger partial charge in [-0.15, -0.1) is 0 Å². The highest BCUT2D eigenvalue weighted by Crippen LogP contribution is 2.37. The van der Waals surface area contributed by atoms with Crippen LogP contribution in [-0.4, -0.2) is 75.3 Å². The van der Waals surface area contributed by atoms with E-state index in [1.54, 1.807) is 13.0 Å². The summed E-state index contributed by atoms with van der Waals surface area (Å²) in [4.78, 5) is 40.4. The largest absolute Gasteiger partial charge is 0.497 e. The van der Waals surface area contributed by atoms with Crippen molar-refractivity contribution < 1.29 is 50.6 Å². The Hall–Kier alpha value is -2.98. The second-order valence-corrected chi connectivity index (χ2v) is 18.9. The first-order valence-electron chi connectivity index (χ1n) is 15.4. The number of benzene rings is 1. The molecule has 1 aromatic carbocycles. The van der Waals surface area contributed by atoms with Gasteiger partial charge in [-0.05, 0) is 60.8 Å². The van der Waals surface area contributed by atoms with Crippen LogP contribution >= 0.6 is 23.2 Å². The highest BCUT2D eigenvalue weighted by Gasteiger charge is 2.47. The van der Waals surface area contributed by atoms with Crippen LogP contribution in [0, 0.1) is 5.92 Å². The SMILES string of the molecule is C=C(/C=C\C(=C/C)OC)[C@H](NC(=O)[C@H](CO[Si](C)(C)C(C)(C)C)NC(=O)C(F)(F)c1ccc(Cl)c(Cl)c1)C(=O)N[C@@H](C(C)C)[C@H](O)C(F)(F)F. The molecule has 0 aliphatic heterocycles. The number of hydrogen-bond donors (Lipinski definition) is 4. The molecule has 1 aromatic rings. The number of amides is 3. The third-order valence-electron chi connectivity index (χ3n) is 8.21. The van der Waals surface area contributed by atoms with Crippen molar-refractivity contribution in [2.45, 2.75) is 96.0 Å². The number of carbonyl (C=O) groups is 3. The molecule has 0 heterocycles. The number of allylic oxidation sites excluding steroid dienone is 2. The Kier molecular flexibility index (Phi) is 16.2. The summed E-state index contributed by atoms with van der Waals surface area (Å²) in [6.45, 7) is 16.7. The normalized spacial score (nSPS) is 15.7. The number of aliphatic hydroxyl groups is 1. The molecule has 0 unspecified atom stereocenters. The minimum absolute atomic E-state index is 0.0419. The van der Waals surface area contributed by atoms with Gasteiger partial charge in [0.05, 0.1) is 29.8 Å². The summed E-state index contributed by atoms with van der Waals surface area (Å²) in [6, 6.07) is -2.78. The highest BCUT2D eigenvalue weighted by molar-refractivity contribution is 6.74. The van der Waals surface area contributed by atoms with Gasteiger partial charge in [0.25, 0.3) is 5.91 Å². The minimum Gasteiger partial charge on any atom is -0.497 e. The fourth-order valence-corrected chi connectivity index (χ4v) is 5.28. The van der Waals surface area contributed by atoms with Crippen LogP contribution in [-0.2, 0) is 29.5 Å². The second kappa shape index (κ2) is 18.0. The number of carbonyl (C=O) groups excluding carboxylic acids is 3. The third kappa shape index (κ3) is 12.4. The standard InChI is InChI=1S/C33H46Cl2F5N3O6Si/c1-11-21(48-8)14-12-19(4)26(29(46)42-25(18(2)3)27(44)33(38,39)40)43-28(45)24(17-49-50(9,10)31(5,6)7)41-30(47)32(36,37)20-13-15-22(34)23(35)16-20/h11-16,18,24-27,44H,4,17H2,1-3,5-10H3,(H,41,47)(H,42,46)(H,43,45)/b14-12-,21-11+/t24-,25-,26-,27-/m0/s1. The predicted molar refractivity (Wildman–Crippen MR) is 185 cm³/mol. The van der Waals surface area contributed by atoms with Crippen LogP contribution in [0.3, 0.4) is 0 Å². The van der Waals surface area contributed by atoms with Crippen LogP contribution in [0.4, 0.5) is 22.0 Å². The van der Waals surface area contributed by atoms with Gasteiger partial charge >= 0.3 is 12.1 Å². The molecule has 0 spiro atoms. The fraction of sp³-hybridized carbons (Fsp3) is 0.545. The Morgan fingerprint density at radius 2 is 1.56 bits per heavy atom. The molecule has 0 radical (unpaired) electrons. The highest BCUT2D eigenvalue weighted by atomic mass is 35.5. The minimum atomic E-state index is -5.10.